The highest BCUT2D eigenvalue weighted by molar-refractivity contribution is 5.93. The van der Waals surface area contributed by atoms with Crippen LogP contribution in [0.2, 0.25) is 0 Å². The standard InChI is InChI=1S/C23H26N2O3/c1-23(2,3)20-17(21(24)27)13-25(12-14-7-5-4-6-8-14)22-19(20)16-11-15(26)9-10-18(16)28-22/h4-11,13,19-20,22,26H,12H2,1-3H3,(H2,24,27)/t19-,20+,22-/m1/s1. The molecule has 0 aromatic heterocycles. The van der Waals surface area contributed by atoms with Gasteiger partial charge in [-0.25, -0.2) is 0 Å². The first-order valence-electron chi connectivity index (χ1n) is 9.56. The van der Waals surface area contributed by atoms with Gasteiger partial charge < -0.3 is 20.5 Å². The third-order valence-corrected chi connectivity index (χ3v) is 5.66. The average Bonchev–Trinajstić information content (AvgIpc) is 3.00. The Balaban J connectivity index is 1.84. The Labute approximate surface area is 165 Å². The predicted octanol–water partition coefficient (Wildman–Crippen LogP) is 3.74. The van der Waals surface area contributed by atoms with Gasteiger partial charge in [-0.2, -0.15) is 0 Å². The molecule has 3 atom stereocenters. The molecule has 0 saturated carbocycles. The minimum Gasteiger partial charge on any atom is -0.508 e. The molecule has 2 aromatic carbocycles. The molecule has 4 rings (SSSR count). The molecule has 2 heterocycles. The van der Waals surface area contributed by atoms with Crippen molar-refractivity contribution in [3.05, 3.63) is 71.4 Å². The van der Waals surface area contributed by atoms with Crippen molar-refractivity contribution in [2.24, 2.45) is 17.1 Å². The summed E-state index contributed by atoms with van der Waals surface area (Å²) in [5.74, 6) is 0.313. The lowest BCUT2D eigenvalue weighted by molar-refractivity contribution is -0.116. The van der Waals surface area contributed by atoms with Crippen LogP contribution in [0.4, 0.5) is 0 Å². The van der Waals surface area contributed by atoms with Crippen molar-refractivity contribution < 1.29 is 14.6 Å². The van der Waals surface area contributed by atoms with Gasteiger partial charge in [0.15, 0.2) is 6.23 Å². The van der Waals surface area contributed by atoms with Gasteiger partial charge in [-0.3, -0.25) is 4.79 Å². The quantitative estimate of drug-likeness (QED) is 0.853. The fourth-order valence-corrected chi connectivity index (χ4v) is 4.56. The van der Waals surface area contributed by atoms with E-state index in [1.807, 2.05) is 24.4 Å². The van der Waals surface area contributed by atoms with E-state index >= 15 is 0 Å². The zero-order valence-corrected chi connectivity index (χ0v) is 16.4. The lowest BCUT2D eigenvalue weighted by Crippen LogP contribution is -2.49. The van der Waals surface area contributed by atoms with Crippen molar-refractivity contribution in [3.8, 4) is 11.5 Å². The molecule has 0 fully saturated rings. The zero-order chi connectivity index (χ0) is 20.1. The number of carbonyl (C=O) groups excluding carboxylic acids is 1. The molecule has 0 radical (unpaired) electrons. The topological polar surface area (TPSA) is 75.8 Å². The van der Waals surface area contributed by atoms with Crippen LogP contribution in [-0.4, -0.2) is 22.1 Å². The molecule has 5 nitrogen and oxygen atoms in total. The number of phenolic OH excluding ortho intramolecular Hbond substituents is 1. The fraction of sp³-hybridized carbons (Fsp3) is 0.348. The third-order valence-electron chi connectivity index (χ3n) is 5.66. The molecule has 2 aromatic rings. The molecule has 1 amide bonds. The maximum Gasteiger partial charge on any atom is 0.246 e. The summed E-state index contributed by atoms with van der Waals surface area (Å²) >= 11 is 0. The van der Waals surface area contributed by atoms with E-state index in [2.05, 4.69) is 37.8 Å². The molecular formula is C23H26N2O3. The first-order valence-corrected chi connectivity index (χ1v) is 9.56. The van der Waals surface area contributed by atoms with Gasteiger partial charge in [-0.1, -0.05) is 51.1 Å². The minimum atomic E-state index is -0.412. The van der Waals surface area contributed by atoms with E-state index in [0.717, 1.165) is 16.9 Å². The first-order chi connectivity index (χ1) is 13.3. The van der Waals surface area contributed by atoms with E-state index in [9.17, 15) is 9.90 Å². The van der Waals surface area contributed by atoms with Gasteiger partial charge >= 0.3 is 0 Å². The van der Waals surface area contributed by atoms with Gasteiger partial charge in [0.05, 0.1) is 5.92 Å². The van der Waals surface area contributed by atoms with Crippen LogP contribution < -0.4 is 10.5 Å². The number of ether oxygens (including phenoxy) is 1. The number of aromatic hydroxyl groups is 1. The van der Waals surface area contributed by atoms with Crippen LogP contribution in [-0.2, 0) is 11.3 Å². The highest BCUT2D eigenvalue weighted by atomic mass is 16.5. The highest BCUT2D eigenvalue weighted by Crippen LogP contribution is 2.54. The molecule has 28 heavy (non-hydrogen) atoms. The van der Waals surface area contributed by atoms with Crippen molar-refractivity contribution in [1.82, 2.24) is 4.90 Å². The maximum atomic E-state index is 12.4. The van der Waals surface area contributed by atoms with Gasteiger partial charge in [0.1, 0.15) is 11.5 Å². The average molecular weight is 378 g/mol. The number of primary amides is 1. The number of rotatable bonds is 3. The molecule has 146 valence electrons. The van der Waals surface area contributed by atoms with E-state index < -0.39 is 5.91 Å². The number of hydrogen-bond donors (Lipinski definition) is 2. The summed E-state index contributed by atoms with van der Waals surface area (Å²) in [4.78, 5) is 14.5. The van der Waals surface area contributed by atoms with Crippen LogP contribution in [0.25, 0.3) is 0 Å². The lowest BCUT2D eigenvalue weighted by Gasteiger charge is -2.45. The Bertz CT molecular complexity index is 931. The third kappa shape index (κ3) is 3.11. The van der Waals surface area contributed by atoms with Crippen molar-refractivity contribution in [2.45, 2.75) is 39.5 Å². The Kier molecular flexibility index (Phi) is 4.33. The molecule has 3 N–H and O–H groups in total. The zero-order valence-electron chi connectivity index (χ0n) is 16.4. The molecule has 2 aliphatic heterocycles. The van der Waals surface area contributed by atoms with Gasteiger partial charge in [0.25, 0.3) is 0 Å². The van der Waals surface area contributed by atoms with E-state index in [-0.39, 0.29) is 29.2 Å². The summed E-state index contributed by atoms with van der Waals surface area (Å²) in [6.45, 7) is 6.94. The maximum absolute atomic E-state index is 12.4. The molecule has 0 spiro atoms. The second-order valence-electron chi connectivity index (χ2n) is 8.71. The SMILES string of the molecule is CC(C)(C)[C@H]1C(C(N)=O)=CN(Cc2ccccc2)[C@@H]2Oc3ccc(O)cc3[C@@H]21. The van der Waals surface area contributed by atoms with Crippen LogP contribution in [0.15, 0.2) is 60.3 Å². The monoisotopic (exact) mass is 378 g/mol. The molecule has 0 saturated heterocycles. The molecule has 0 aliphatic carbocycles. The van der Waals surface area contributed by atoms with E-state index in [1.54, 1.807) is 18.2 Å². The van der Waals surface area contributed by atoms with Crippen molar-refractivity contribution >= 4 is 5.91 Å². The summed E-state index contributed by atoms with van der Waals surface area (Å²) in [6.07, 6.45) is 1.61. The molecule has 0 unspecified atom stereocenters. The second-order valence-corrected chi connectivity index (χ2v) is 8.71. The van der Waals surface area contributed by atoms with Crippen molar-refractivity contribution in [3.63, 3.8) is 0 Å². The Morgan fingerprint density at radius 2 is 1.89 bits per heavy atom. The largest absolute Gasteiger partial charge is 0.508 e. The smallest absolute Gasteiger partial charge is 0.246 e. The summed E-state index contributed by atoms with van der Waals surface area (Å²) in [5.41, 5.74) is 8.26. The van der Waals surface area contributed by atoms with E-state index in [0.29, 0.717) is 12.1 Å². The second kappa shape index (κ2) is 6.59. The fourth-order valence-electron chi connectivity index (χ4n) is 4.56. The number of phenols is 1. The lowest BCUT2D eigenvalue weighted by atomic mass is 9.65. The van der Waals surface area contributed by atoms with Crippen LogP contribution in [0.1, 0.15) is 37.8 Å². The van der Waals surface area contributed by atoms with Crippen molar-refractivity contribution in [2.75, 3.05) is 0 Å². The molecule has 2 aliphatic rings. The van der Waals surface area contributed by atoms with Crippen LogP contribution in [0, 0.1) is 11.3 Å². The highest BCUT2D eigenvalue weighted by Gasteiger charge is 2.51. The number of amides is 1. The molecule has 5 heteroatoms. The number of hydrogen-bond acceptors (Lipinski definition) is 4. The van der Waals surface area contributed by atoms with E-state index in [1.165, 1.54) is 0 Å². The normalized spacial score (nSPS) is 23.5. The molecular weight excluding hydrogens is 352 g/mol. The Morgan fingerprint density at radius 3 is 2.54 bits per heavy atom. The van der Waals surface area contributed by atoms with Crippen LogP contribution in [0.5, 0.6) is 11.5 Å². The summed E-state index contributed by atoms with van der Waals surface area (Å²) in [7, 11) is 0. The minimum absolute atomic E-state index is 0.0988. The number of fused-ring (bicyclic) bond motifs is 3. The first kappa shape index (κ1) is 18.4. The number of nitrogens with zero attached hydrogens (tertiary/aromatic N) is 1. The van der Waals surface area contributed by atoms with Gasteiger partial charge in [-0.05, 0) is 29.2 Å². The number of nitrogens with two attached hydrogens (primary N) is 1. The number of benzene rings is 2. The van der Waals surface area contributed by atoms with Gasteiger partial charge in [-0.15, -0.1) is 0 Å². The van der Waals surface area contributed by atoms with Crippen LogP contribution in [0.3, 0.4) is 0 Å². The molecule has 0 bridgehead atoms. The van der Waals surface area contributed by atoms with Crippen LogP contribution >= 0.6 is 0 Å². The predicted molar refractivity (Wildman–Crippen MR) is 107 cm³/mol. The van der Waals surface area contributed by atoms with Gasteiger partial charge in [0.2, 0.25) is 5.91 Å². The van der Waals surface area contributed by atoms with Gasteiger partial charge in [0, 0.05) is 29.8 Å². The Hall–Kier alpha value is -2.95. The Morgan fingerprint density at radius 1 is 1.18 bits per heavy atom. The number of carbonyl (C=O) groups is 1. The summed E-state index contributed by atoms with van der Waals surface area (Å²) in [6, 6.07) is 15.3. The van der Waals surface area contributed by atoms with E-state index in [4.69, 9.17) is 10.5 Å². The van der Waals surface area contributed by atoms with Crippen molar-refractivity contribution in [1.29, 1.82) is 0 Å². The summed E-state index contributed by atoms with van der Waals surface area (Å²) < 4.78 is 6.32. The summed E-state index contributed by atoms with van der Waals surface area (Å²) in [5, 5.41) is 10.1.